The van der Waals surface area contributed by atoms with E-state index in [0.717, 1.165) is 56.4 Å². The maximum Gasteiger partial charge on any atom is 0.212 e. The monoisotopic (exact) mass is 377 g/mol. The van der Waals surface area contributed by atoms with Crippen molar-refractivity contribution in [2.45, 2.75) is 0 Å². The van der Waals surface area contributed by atoms with Gasteiger partial charge in [-0.05, 0) is 18.2 Å². The molecular formula is C25H17N2O2+. The summed E-state index contributed by atoms with van der Waals surface area (Å²) < 4.78 is 14.4. The van der Waals surface area contributed by atoms with Crippen molar-refractivity contribution in [3.63, 3.8) is 0 Å². The van der Waals surface area contributed by atoms with Crippen LogP contribution in [-0.2, 0) is 7.05 Å². The Morgan fingerprint density at radius 3 is 1.97 bits per heavy atom. The molecule has 0 amide bonds. The highest BCUT2D eigenvalue weighted by Crippen LogP contribution is 2.52. The molecule has 4 heterocycles. The van der Waals surface area contributed by atoms with Gasteiger partial charge in [0, 0.05) is 45.7 Å². The maximum atomic E-state index is 6.26. The molecular weight excluding hydrogens is 360 g/mol. The zero-order valence-electron chi connectivity index (χ0n) is 15.8. The third-order valence-electron chi connectivity index (χ3n) is 5.39. The minimum absolute atomic E-state index is 0.765. The van der Waals surface area contributed by atoms with Gasteiger partial charge in [0.2, 0.25) is 6.20 Å². The highest BCUT2D eigenvalue weighted by Gasteiger charge is 2.31. The highest BCUT2D eigenvalue weighted by atomic mass is 16.5. The van der Waals surface area contributed by atoms with Gasteiger partial charge < -0.3 is 9.47 Å². The molecule has 0 fully saturated rings. The van der Waals surface area contributed by atoms with E-state index >= 15 is 0 Å². The summed E-state index contributed by atoms with van der Waals surface area (Å²) in [5, 5.41) is 0. The molecule has 0 saturated heterocycles. The number of aryl methyl sites for hydroxylation is 1. The fourth-order valence-electron chi connectivity index (χ4n) is 4.12. The molecule has 0 N–H and O–H groups in total. The van der Waals surface area contributed by atoms with Crippen LogP contribution >= 0.6 is 0 Å². The number of ether oxygens (including phenoxy) is 2. The average Bonchev–Trinajstić information content (AvgIpc) is 2.76. The summed E-state index contributed by atoms with van der Waals surface area (Å²) in [5.41, 5.74) is 6.52. The van der Waals surface area contributed by atoms with Crippen molar-refractivity contribution >= 4 is 11.1 Å². The molecule has 4 heteroatoms. The fraction of sp³-hybridized carbons (Fsp3) is 0.0400. The van der Waals surface area contributed by atoms with Crippen LogP contribution in [-0.4, -0.2) is 4.98 Å². The van der Waals surface area contributed by atoms with Gasteiger partial charge in [0.05, 0.1) is 6.20 Å². The van der Waals surface area contributed by atoms with Crippen LogP contribution in [0.4, 0.5) is 0 Å². The number of nitrogens with zero attached hydrogens (tertiary/aromatic N) is 2. The number of hydrogen-bond acceptors (Lipinski definition) is 3. The molecule has 0 radical (unpaired) electrons. The number of rotatable bonds is 0. The summed E-state index contributed by atoms with van der Waals surface area (Å²) in [6.07, 6.45) is 7.66. The van der Waals surface area contributed by atoms with E-state index in [0.29, 0.717) is 0 Å². The van der Waals surface area contributed by atoms with Crippen molar-refractivity contribution < 1.29 is 14.0 Å². The van der Waals surface area contributed by atoms with Gasteiger partial charge in [-0.3, -0.25) is 4.98 Å². The van der Waals surface area contributed by atoms with E-state index < -0.39 is 0 Å². The van der Waals surface area contributed by atoms with Crippen molar-refractivity contribution in [2.75, 3.05) is 0 Å². The van der Waals surface area contributed by atoms with Crippen molar-refractivity contribution in [3.05, 3.63) is 108 Å². The first kappa shape index (κ1) is 16.1. The smallest absolute Gasteiger partial charge is 0.212 e. The van der Waals surface area contributed by atoms with Crippen molar-refractivity contribution in [2.24, 2.45) is 7.05 Å². The van der Waals surface area contributed by atoms with Crippen LogP contribution < -0.4 is 14.0 Å². The summed E-state index contributed by atoms with van der Waals surface area (Å²) in [7, 11) is 2.00. The first-order chi connectivity index (χ1) is 14.3. The highest BCUT2D eigenvalue weighted by molar-refractivity contribution is 6.09. The molecule has 0 aliphatic carbocycles. The number of para-hydroxylation sites is 2. The summed E-state index contributed by atoms with van der Waals surface area (Å²) in [6, 6.07) is 20.5. The van der Waals surface area contributed by atoms with Gasteiger partial charge in [-0.1, -0.05) is 36.4 Å². The summed E-state index contributed by atoms with van der Waals surface area (Å²) in [5.74, 6) is 3.30. The largest absolute Gasteiger partial charge is 0.454 e. The van der Waals surface area contributed by atoms with Gasteiger partial charge in [-0.25, -0.2) is 4.57 Å². The van der Waals surface area contributed by atoms with E-state index in [1.165, 1.54) is 0 Å². The topological polar surface area (TPSA) is 35.2 Å². The molecule has 138 valence electrons. The normalized spacial score (nSPS) is 15.9. The Kier molecular flexibility index (Phi) is 3.35. The molecule has 6 rings (SSSR count). The number of fused-ring (bicyclic) bond motifs is 4. The zero-order chi connectivity index (χ0) is 19.4. The molecule has 0 unspecified atom stereocenters. The number of pyridine rings is 2. The molecule has 2 aliphatic rings. The van der Waals surface area contributed by atoms with Gasteiger partial charge in [-0.2, -0.15) is 0 Å². The molecule has 29 heavy (non-hydrogen) atoms. The third-order valence-corrected chi connectivity index (χ3v) is 5.39. The molecule has 0 spiro atoms. The minimum Gasteiger partial charge on any atom is -0.454 e. The summed E-state index contributed by atoms with van der Waals surface area (Å²) in [4.78, 5) is 4.28. The maximum absolute atomic E-state index is 6.26. The van der Waals surface area contributed by atoms with Gasteiger partial charge in [0.25, 0.3) is 0 Å². The lowest BCUT2D eigenvalue weighted by Gasteiger charge is -2.28. The van der Waals surface area contributed by atoms with Gasteiger partial charge >= 0.3 is 0 Å². The van der Waals surface area contributed by atoms with Crippen molar-refractivity contribution in [1.29, 1.82) is 0 Å². The van der Waals surface area contributed by atoms with Gasteiger partial charge in [0.1, 0.15) is 18.5 Å². The second kappa shape index (κ2) is 6.04. The Bertz CT molecular complexity index is 1280. The lowest BCUT2D eigenvalue weighted by atomic mass is 9.83. The average molecular weight is 377 g/mol. The number of hydrogen-bond donors (Lipinski definition) is 0. The summed E-state index contributed by atoms with van der Waals surface area (Å²) >= 11 is 0. The minimum atomic E-state index is 0.765. The lowest BCUT2D eigenvalue weighted by molar-refractivity contribution is -0.671. The van der Waals surface area contributed by atoms with E-state index in [4.69, 9.17) is 9.47 Å². The van der Waals surface area contributed by atoms with E-state index in [1.54, 1.807) is 6.20 Å². The van der Waals surface area contributed by atoms with Crippen LogP contribution in [0.15, 0.2) is 85.5 Å². The predicted octanol–water partition coefficient (Wildman–Crippen LogP) is 5.12. The first-order valence-electron chi connectivity index (χ1n) is 9.52. The molecule has 2 aromatic carbocycles. The first-order valence-corrected chi connectivity index (χ1v) is 9.52. The molecule has 2 aliphatic heterocycles. The molecule has 4 nitrogen and oxygen atoms in total. The molecule has 0 saturated carbocycles. The third kappa shape index (κ3) is 2.39. The van der Waals surface area contributed by atoms with E-state index in [1.807, 2.05) is 60.4 Å². The van der Waals surface area contributed by atoms with Crippen LogP contribution in [0, 0.1) is 0 Å². The fourth-order valence-corrected chi connectivity index (χ4v) is 4.12. The van der Waals surface area contributed by atoms with Crippen LogP contribution in [0.3, 0.4) is 0 Å². The lowest BCUT2D eigenvalue weighted by Crippen LogP contribution is -2.27. The van der Waals surface area contributed by atoms with Crippen LogP contribution in [0.5, 0.6) is 23.0 Å². The van der Waals surface area contributed by atoms with E-state index in [-0.39, 0.29) is 0 Å². The SMILES string of the molecule is C[n+]1ccc2c(c1)Oc1ccccc1C2=C1c2ccccc2Oc2cnccc21. The molecule has 0 bridgehead atoms. The quantitative estimate of drug-likeness (QED) is 0.345. The van der Waals surface area contributed by atoms with Crippen LogP contribution in [0.25, 0.3) is 11.1 Å². The Hall–Kier alpha value is -3.92. The second-order valence-electron chi connectivity index (χ2n) is 7.21. The Morgan fingerprint density at radius 2 is 1.24 bits per heavy atom. The standard InChI is InChI=1S/C25H17N2O2/c1-27-13-11-19-23(15-27)29-21-9-5-3-7-17(21)25(19)24-16-6-2-4-8-20(16)28-22-14-26-12-10-18(22)24/h2-15H,1H3/q+1. The summed E-state index contributed by atoms with van der Waals surface area (Å²) in [6.45, 7) is 0. The Labute approximate surface area is 168 Å². The van der Waals surface area contributed by atoms with Crippen LogP contribution in [0.1, 0.15) is 22.3 Å². The van der Waals surface area contributed by atoms with Crippen molar-refractivity contribution in [1.82, 2.24) is 4.98 Å². The Morgan fingerprint density at radius 1 is 0.655 bits per heavy atom. The molecule has 0 atom stereocenters. The predicted molar refractivity (Wildman–Crippen MR) is 110 cm³/mol. The molecule has 4 aromatic rings. The Balaban J connectivity index is 1.79. The van der Waals surface area contributed by atoms with Crippen molar-refractivity contribution in [3.8, 4) is 23.0 Å². The zero-order valence-corrected chi connectivity index (χ0v) is 15.8. The van der Waals surface area contributed by atoms with Crippen LogP contribution in [0.2, 0.25) is 0 Å². The van der Waals surface area contributed by atoms with Gasteiger partial charge in [-0.15, -0.1) is 0 Å². The van der Waals surface area contributed by atoms with E-state index in [9.17, 15) is 0 Å². The number of benzene rings is 2. The van der Waals surface area contributed by atoms with Gasteiger partial charge in [0.15, 0.2) is 17.7 Å². The second-order valence-corrected chi connectivity index (χ2v) is 7.21. The molecule has 2 aromatic heterocycles. The number of aromatic nitrogens is 2. The van der Waals surface area contributed by atoms with E-state index in [2.05, 4.69) is 35.4 Å².